The average Bonchev–Trinajstić information content (AvgIpc) is 2.83. The SMILES string of the molecule is CC1(NC(=O)N2CCC(C(=O)O)C2)CCS(=O)(=O)C1. The summed E-state index contributed by atoms with van der Waals surface area (Å²) >= 11 is 0. The lowest BCUT2D eigenvalue weighted by Gasteiger charge is -2.27. The lowest BCUT2D eigenvalue weighted by Crippen LogP contribution is -2.52. The molecule has 2 heterocycles. The van der Waals surface area contributed by atoms with E-state index >= 15 is 0 Å². The third-order valence-electron chi connectivity index (χ3n) is 3.74. The normalized spacial score (nSPS) is 33.3. The van der Waals surface area contributed by atoms with Gasteiger partial charge in [-0.15, -0.1) is 0 Å². The summed E-state index contributed by atoms with van der Waals surface area (Å²) in [7, 11) is -3.07. The molecule has 2 N–H and O–H groups in total. The molecule has 2 unspecified atom stereocenters. The molecular formula is C11H18N2O5S. The quantitative estimate of drug-likeness (QED) is 0.725. The predicted octanol–water partition coefficient (Wildman–Crippen LogP) is -0.320. The van der Waals surface area contributed by atoms with Gasteiger partial charge in [-0.3, -0.25) is 4.79 Å². The second-order valence-electron chi connectivity index (χ2n) is 5.60. The van der Waals surface area contributed by atoms with Gasteiger partial charge < -0.3 is 15.3 Å². The fourth-order valence-corrected chi connectivity index (χ4v) is 4.69. The first-order valence-corrected chi connectivity index (χ1v) is 8.03. The van der Waals surface area contributed by atoms with Gasteiger partial charge >= 0.3 is 12.0 Å². The number of likely N-dealkylation sites (tertiary alicyclic amines) is 1. The van der Waals surface area contributed by atoms with Gasteiger partial charge in [0.25, 0.3) is 0 Å². The van der Waals surface area contributed by atoms with Crippen molar-refractivity contribution >= 4 is 21.8 Å². The second-order valence-corrected chi connectivity index (χ2v) is 7.79. The average molecular weight is 290 g/mol. The highest BCUT2D eigenvalue weighted by Gasteiger charge is 2.41. The molecule has 0 radical (unpaired) electrons. The highest BCUT2D eigenvalue weighted by molar-refractivity contribution is 7.91. The van der Waals surface area contributed by atoms with E-state index in [1.54, 1.807) is 6.92 Å². The number of carboxylic acids is 1. The van der Waals surface area contributed by atoms with Gasteiger partial charge in [0.05, 0.1) is 23.0 Å². The van der Waals surface area contributed by atoms with Crippen molar-refractivity contribution in [1.29, 1.82) is 0 Å². The van der Waals surface area contributed by atoms with Crippen molar-refractivity contribution < 1.29 is 23.1 Å². The van der Waals surface area contributed by atoms with Crippen LogP contribution in [-0.4, -0.2) is 60.6 Å². The number of rotatable bonds is 2. The number of hydrogen-bond acceptors (Lipinski definition) is 4. The van der Waals surface area contributed by atoms with Crippen LogP contribution in [0.3, 0.4) is 0 Å². The molecule has 2 aliphatic heterocycles. The van der Waals surface area contributed by atoms with Crippen LogP contribution < -0.4 is 5.32 Å². The van der Waals surface area contributed by atoms with Gasteiger partial charge in [0, 0.05) is 13.1 Å². The molecule has 0 spiro atoms. The Labute approximate surface area is 111 Å². The molecule has 2 rings (SSSR count). The van der Waals surface area contributed by atoms with Crippen LogP contribution in [-0.2, 0) is 14.6 Å². The van der Waals surface area contributed by atoms with Gasteiger partial charge in [-0.25, -0.2) is 13.2 Å². The molecule has 2 fully saturated rings. The largest absolute Gasteiger partial charge is 0.481 e. The maximum Gasteiger partial charge on any atom is 0.317 e. The standard InChI is InChI=1S/C11H18N2O5S/c1-11(3-5-19(17,18)7-11)12-10(16)13-4-2-8(6-13)9(14)15/h8H,2-7H2,1H3,(H,12,16)(H,14,15). The molecule has 0 aromatic heterocycles. The number of nitrogens with one attached hydrogen (secondary N) is 1. The Bertz CT molecular complexity index is 503. The summed E-state index contributed by atoms with van der Waals surface area (Å²) in [6, 6.07) is -0.372. The van der Waals surface area contributed by atoms with Crippen LogP contribution in [0.4, 0.5) is 4.79 Å². The van der Waals surface area contributed by atoms with Crippen LogP contribution in [0.15, 0.2) is 0 Å². The molecule has 0 saturated carbocycles. The van der Waals surface area contributed by atoms with E-state index in [1.807, 2.05) is 0 Å². The summed E-state index contributed by atoms with van der Waals surface area (Å²) in [5.74, 6) is -1.39. The van der Waals surface area contributed by atoms with Crippen LogP contribution in [0.25, 0.3) is 0 Å². The van der Waals surface area contributed by atoms with E-state index in [0.717, 1.165) is 0 Å². The minimum absolute atomic E-state index is 0.0536. The Morgan fingerprint density at radius 1 is 1.42 bits per heavy atom. The third-order valence-corrected chi connectivity index (χ3v) is 5.64. The zero-order chi connectivity index (χ0) is 14.3. The molecule has 108 valence electrons. The molecule has 2 aliphatic rings. The summed E-state index contributed by atoms with van der Waals surface area (Å²) in [6.07, 6.45) is 0.842. The summed E-state index contributed by atoms with van der Waals surface area (Å²) in [6.45, 7) is 2.29. The highest BCUT2D eigenvalue weighted by atomic mass is 32.2. The smallest absolute Gasteiger partial charge is 0.317 e. The van der Waals surface area contributed by atoms with Crippen molar-refractivity contribution in [3.63, 3.8) is 0 Å². The van der Waals surface area contributed by atoms with Crippen molar-refractivity contribution in [3.8, 4) is 0 Å². The van der Waals surface area contributed by atoms with Gasteiger partial charge in [-0.2, -0.15) is 0 Å². The topological polar surface area (TPSA) is 104 Å². The summed E-state index contributed by atoms with van der Waals surface area (Å²) in [5, 5.41) is 11.6. The first kappa shape index (κ1) is 14.1. The maximum absolute atomic E-state index is 12.0. The second kappa shape index (κ2) is 4.66. The Morgan fingerprint density at radius 2 is 2.11 bits per heavy atom. The van der Waals surface area contributed by atoms with Crippen LogP contribution in [0, 0.1) is 5.92 Å². The van der Waals surface area contributed by atoms with Crippen LogP contribution in [0.1, 0.15) is 19.8 Å². The Balaban J connectivity index is 1.94. The van der Waals surface area contributed by atoms with Crippen molar-refractivity contribution in [3.05, 3.63) is 0 Å². The molecule has 2 amide bonds. The number of urea groups is 1. The zero-order valence-electron chi connectivity index (χ0n) is 10.8. The number of carboxylic acid groups (broad SMARTS) is 1. The molecule has 0 aromatic rings. The lowest BCUT2D eigenvalue weighted by atomic mass is 10.0. The number of carbonyl (C=O) groups is 2. The summed E-state index contributed by atoms with van der Waals surface area (Å²) in [4.78, 5) is 24.3. The van der Waals surface area contributed by atoms with Gasteiger partial charge in [0.15, 0.2) is 9.84 Å². The number of sulfone groups is 1. The first-order chi connectivity index (χ1) is 8.71. The number of hydrogen-bond donors (Lipinski definition) is 2. The van der Waals surface area contributed by atoms with Crippen LogP contribution in [0.5, 0.6) is 0 Å². The van der Waals surface area contributed by atoms with Gasteiger partial charge in [0.2, 0.25) is 0 Å². The van der Waals surface area contributed by atoms with E-state index in [1.165, 1.54) is 4.90 Å². The van der Waals surface area contributed by atoms with E-state index in [2.05, 4.69) is 5.32 Å². The number of amides is 2. The van der Waals surface area contributed by atoms with Crippen molar-refractivity contribution in [2.45, 2.75) is 25.3 Å². The van der Waals surface area contributed by atoms with Crippen molar-refractivity contribution in [2.75, 3.05) is 24.6 Å². The van der Waals surface area contributed by atoms with Gasteiger partial charge in [0.1, 0.15) is 0 Å². The third kappa shape index (κ3) is 3.17. The van der Waals surface area contributed by atoms with Crippen LogP contribution >= 0.6 is 0 Å². The number of nitrogens with zero attached hydrogens (tertiary/aromatic N) is 1. The van der Waals surface area contributed by atoms with Crippen molar-refractivity contribution in [1.82, 2.24) is 10.2 Å². The van der Waals surface area contributed by atoms with E-state index in [9.17, 15) is 18.0 Å². The molecular weight excluding hydrogens is 272 g/mol. The monoisotopic (exact) mass is 290 g/mol. The first-order valence-electron chi connectivity index (χ1n) is 6.21. The fourth-order valence-electron chi connectivity index (χ4n) is 2.59. The zero-order valence-corrected chi connectivity index (χ0v) is 11.6. The molecule has 0 aliphatic carbocycles. The van der Waals surface area contributed by atoms with E-state index in [-0.39, 0.29) is 24.1 Å². The Hall–Kier alpha value is -1.31. The fraction of sp³-hybridized carbons (Fsp3) is 0.818. The molecule has 0 bridgehead atoms. The molecule has 19 heavy (non-hydrogen) atoms. The van der Waals surface area contributed by atoms with Gasteiger partial charge in [-0.05, 0) is 19.8 Å². The molecule has 8 heteroatoms. The maximum atomic E-state index is 12.0. The van der Waals surface area contributed by atoms with E-state index < -0.39 is 27.3 Å². The Kier molecular flexibility index (Phi) is 3.46. The van der Waals surface area contributed by atoms with Crippen LogP contribution in [0.2, 0.25) is 0 Å². The molecule has 7 nitrogen and oxygen atoms in total. The molecule has 2 saturated heterocycles. The number of carbonyl (C=O) groups excluding carboxylic acids is 1. The van der Waals surface area contributed by atoms with Crippen molar-refractivity contribution in [2.24, 2.45) is 5.92 Å². The van der Waals surface area contributed by atoms with E-state index in [0.29, 0.717) is 19.4 Å². The summed E-state index contributed by atoms with van der Waals surface area (Å²) < 4.78 is 22.9. The predicted molar refractivity (Wildman–Crippen MR) is 67.5 cm³/mol. The van der Waals surface area contributed by atoms with E-state index in [4.69, 9.17) is 5.11 Å². The minimum Gasteiger partial charge on any atom is -0.481 e. The molecule has 0 aromatic carbocycles. The minimum atomic E-state index is -3.07. The highest BCUT2D eigenvalue weighted by Crippen LogP contribution is 2.24. The van der Waals surface area contributed by atoms with Gasteiger partial charge in [-0.1, -0.05) is 0 Å². The molecule has 2 atom stereocenters. The summed E-state index contributed by atoms with van der Waals surface area (Å²) in [5.41, 5.74) is -0.739. The Morgan fingerprint density at radius 3 is 2.58 bits per heavy atom. The lowest BCUT2D eigenvalue weighted by molar-refractivity contribution is -0.141. The number of aliphatic carboxylic acids is 1.